The molecule has 0 aliphatic rings. The van der Waals surface area contributed by atoms with Crippen LogP contribution < -0.4 is 10.1 Å². The zero-order valence-corrected chi connectivity index (χ0v) is 17.5. The molecule has 0 heterocycles. The van der Waals surface area contributed by atoms with Crippen LogP contribution in [0.4, 0.5) is 5.69 Å². The molecule has 7 heteroatoms. The highest BCUT2D eigenvalue weighted by atomic mass is 32.2. The average molecular weight is 405 g/mol. The van der Waals surface area contributed by atoms with Gasteiger partial charge in [-0.1, -0.05) is 32.4 Å². The zero-order valence-electron chi connectivity index (χ0n) is 16.6. The Morgan fingerprint density at radius 2 is 1.68 bits per heavy atom. The van der Waals surface area contributed by atoms with Gasteiger partial charge in [0.25, 0.3) is 5.91 Å². The van der Waals surface area contributed by atoms with Crippen molar-refractivity contribution in [1.29, 1.82) is 0 Å². The Bertz CT molecular complexity index is 862. The highest BCUT2D eigenvalue weighted by molar-refractivity contribution is 7.89. The molecular weight excluding hydrogens is 376 g/mol. The minimum absolute atomic E-state index is 0.120. The molecule has 0 saturated heterocycles. The number of hydrogen-bond donors (Lipinski definition) is 1. The second-order valence-corrected chi connectivity index (χ2v) is 8.58. The molecule has 0 aliphatic carbocycles. The van der Waals surface area contributed by atoms with Crippen molar-refractivity contribution in [3.8, 4) is 5.75 Å². The number of unbranched alkanes of at least 4 members (excludes halogenated alkanes) is 1. The summed E-state index contributed by atoms with van der Waals surface area (Å²) >= 11 is 0. The van der Waals surface area contributed by atoms with E-state index in [9.17, 15) is 13.2 Å². The van der Waals surface area contributed by atoms with Crippen LogP contribution in [0.1, 0.15) is 32.3 Å². The molecule has 0 atom stereocenters. The Labute approximate surface area is 167 Å². The second-order valence-electron chi connectivity index (χ2n) is 6.54. The molecule has 0 fully saturated rings. The van der Waals surface area contributed by atoms with Gasteiger partial charge in [0.1, 0.15) is 5.75 Å². The SMILES string of the molecule is CCCCN(C)S(=O)(=O)c1ccc(NC(=O)COc2ccc(CC)cc2)cc1. The van der Waals surface area contributed by atoms with E-state index in [1.54, 1.807) is 19.2 Å². The predicted octanol–water partition coefficient (Wildman–Crippen LogP) is 3.69. The molecule has 1 amide bonds. The Balaban J connectivity index is 1.91. The van der Waals surface area contributed by atoms with E-state index in [1.807, 2.05) is 31.2 Å². The van der Waals surface area contributed by atoms with Crippen molar-refractivity contribution < 1.29 is 17.9 Å². The summed E-state index contributed by atoms with van der Waals surface area (Å²) in [4.78, 5) is 12.3. The number of aryl methyl sites for hydroxylation is 1. The molecule has 28 heavy (non-hydrogen) atoms. The maximum absolute atomic E-state index is 12.5. The molecule has 0 aliphatic heterocycles. The third-order valence-electron chi connectivity index (χ3n) is 4.37. The van der Waals surface area contributed by atoms with Gasteiger partial charge in [0.2, 0.25) is 10.0 Å². The first-order valence-corrected chi connectivity index (χ1v) is 10.9. The summed E-state index contributed by atoms with van der Waals surface area (Å²) in [6.45, 7) is 4.45. The number of carbonyl (C=O) groups is 1. The Morgan fingerprint density at radius 3 is 2.25 bits per heavy atom. The van der Waals surface area contributed by atoms with Crippen molar-refractivity contribution >= 4 is 21.6 Å². The summed E-state index contributed by atoms with van der Waals surface area (Å²) in [7, 11) is -1.94. The maximum atomic E-state index is 12.5. The van der Waals surface area contributed by atoms with Gasteiger partial charge in [-0.3, -0.25) is 4.79 Å². The molecule has 2 aromatic carbocycles. The van der Waals surface area contributed by atoms with Crippen LogP contribution in [0.2, 0.25) is 0 Å². The smallest absolute Gasteiger partial charge is 0.262 e. The number of hydrogen-bond acceptors (Lipinski definition) is 4. The molecule has 2 aromatic rings. The molecule has 0 aromatic heterocycles. The van der Waals surface area contributed by atoms with Crippen LogP contribution in [-0.4, -0.2) is 38.8 Å². The van der Waals surface area contributed by atoms with Crippen LogP contribution in [0.5, 0.6) is 5.75 Å². The Morgan fingerprint density at radius 1 is 1.04 bits per heavy atom. The molecule has 0 spiro atoms. The Kier molecular flexibility index (Phi) is 8.02. The van der Waals surface area contributed by atoms with E-state index in [0.717, 1.165) is 19.3 Å². The number of nitrogens with one attached hydrogen (secondary N) is 1. The lowest BCUT2D eigenvalue weighted by Gasteiger charge is -2.17. The van der Waals surface area contributed by atoms with Crippen molar-refractivity contribution in [2.24, 2.45) is 0 Å². The van der Waals surface area contributed by atoms with E-state index in [4.69, 9.17) is 4.74 Å². The van der Waals surface area contributed by atoms with Gasteiger partial charge in [-0.15, -0.1) is 0 Å². The lowest BCUT2D eigenvalue weighted by atomic mass is 10.2. The summed E-state index contributed by atoms with van der Waals surface area (Å²) < 4.78 is 31.8. The molecule has 0 bridgehead atoms. The van der Waals surface area contributed by atoms with Crippen LogP contribution in [0, 0.1) is 0 Å². The molecule has 0 radical (unpaired) electrons. The van der Waals surface area contributed by atoms with Crippen LogP contribution in [0.15, 0.2) is 53.4 Å². The molecule has 0 unspecified atom stereocenters. The number of ether oxygens (including phenoxy) is 1. The van der Waals surface area contributed by atoms with Gasteiger partial charge >= 0.3 is 0 Å². The van der Waals surface area contributed by atoms with Gasteiger partial charge in [-0.2, -0.15) is 0 Å². The molecular formula is C21H28N2O4S. The zero-order chi connectivity index (χ0) is 20.6. The van der Waals surface area contributed by atoms with Crippen molar-refractivity contribution in [3.63, 3.8) is 0 Å². The third kappa shape index (κ3) is 6.07. The summed E-state index contributed by atoms with van der Waals surface area (Å²) in [5, 5.41) is 2.70. The van der Waals surface area contributed by atoms with Crippen LogP contribution in [-0.2, 0) is 21.2 Å². The number of benzene rings is 2. The molecule has 1 N–H and O–H groups in total. The summed E-state index contributed by atoms with van der Waals surface area (Å²) in [5.74, 6) is 0.319. The van der Waals surface area contributed by atoms with Crippen LogP contribution >= 0.6 is 0 Å². The van der Waals surface area contributed by atoms with Gasteiger partial charge in [0.05, 0.1) is 4.90 Å². The monoisotopic (exact) mass is 404 g/mol. The third-order valence-corrected chi connectivity index (χ3v) is 6.25. The number of nitrogens with zero attached hydrogens (tertiary/aromatic N) is 1. The van der Waals surface area contributed by atoms with E-state index >= 15 is 0 Å². The van der Waals surface area contributed by atoms with Gasteiger partial charge in [-0.05, 0) is 54.8 Å². The standard InChI is InChI=1S/C21H28N2O4S/c1-4-6-15-23(3)28(25,26)20-13-9-18(10-14-20)22-21(24)16-27-19-11-7-17(5-2)8-12-19/h7-14H,4-6,15-16H2,1-3H3,(H,22,24). The number of carbonyl (C=O) groups excluding carboxylic acids is 1. The van der Waals surface area contributed by atoms with Gasteiger partial charge in [0, 0.05) is 19.3 Å². The minimum Gasteiger partial charge on any atom is -0.484 e. The van der Waals surface area contributed by atoms with E-state index in [0.29, 0.717) is 18.0 Å². The minimum atomic E-state index is -3.51. The summed E-state index contributed by atoms with van der Waals surface area (Å²) in [5.41, 5.74) is 1.72. The summed E-state index contributed by atoms with van der Waals surface area (Å²) in [6, 6.07) is 13.7. The molecule has 2 rings (SSSR count). The van der Waals surface area contributed by atoms with Crippen molar-refractivity contribution in [2.45, 2.75) is 38.0 Å². The fourth-order valence-electron chi connectivity index (χ4n) is 2.56. The first-order chi connectivity index (χ1) is 13.4. The number of amides is 1. The van der Waals surface area contributed by atoms with Crippen LogP contribution in [0.3, 0.4) is 0 Å². The number of rotatable bonds is 10. The highest BCUT2D eigenvalue weighted by Gasteiger charge is 2.20. The van der Waals surface area contributed by atoms with Crippen LogP contribution in [0.25, 0.3) is 0 Å². The number of sulfonamides is 1. The molecule has 6 nitrogen and oxygen atoms in total. The van der Waals surface area contributed by atoms with Gasteiger partial charge in [0.15, 0.2) is 6.61 Å². The van der Waals surface area contributed by atoms with E-state index in [2.05, 4.69) is 12.2 Å². The van der Waals surface area contributed by atoms with Crippen molar-refractivity contribution in [3.05, 3.63) is 54.1 Å². The largest absolute Gasteiger partial charge is 0.484 e. The fraction of sp³-hybridized carbons (Fsp3) is 0.381. The van der Waals surface area contributed by atoms with Gasteiger partial charge in [-0.25, -0.2) is 12.7 Å². The van der Waals surface area contributed by atoms with E-state index < -0.39 is 10.0 Å². The first kappa shape index (κ1) is 21.9. The second kappa shape index (κ2) is 10.2. The van der Waals surface area contributed by atoms with E-state index in [-0.39, 0.29) is 17.4 Å². The Hall–Kier alpha value is -2.38. The fourth-order valence-corrected chi connectivity index (χ4v) is 3.77. The van der Waals surface area contributed by atoms with Crippen molar-refractivity contribution in [2.75, 3.05) is 25.5 Å². The molecule has 152 valence electrons. The van der Waals surface area contributed by atoms with Gasteiger partial charge < -0.3 is 10.1 Å². The van der Waals surface area contributed by atoms with Crippen molar-refractivity contribution in [1.82, 2.24) is 4.31 Å². The average Bonchev–Trinajstić information content (AvgIpc) is 2.71. The maximum Gasteiger partial charge on any atom is 0.262 e. The topological polar surface area (TPSA) is 75.7 Å². The molecule has 0 saturated carbocycles. The highest BCUT2D eigenvalue weighted by Crippen LogP contribution is 2.18. The first-order valence-electron chi connectivity index (χ1n) is 9.44. The normalized spacial score (nSPS) is 11.4. The van der Waals surface area contributed by atoms with E-state index in [1.165, 1.54) is 22.0 Å². The number of anilines is 1. The summed E-state index contributed by atoms with van der Waals surface area (Å²) in [6.07, 6.45) is 2.68. The lowest BCUT2D eigenvalue weighted by molar-refractivity contribution is -0.118. The quantitative estimate of drug-likeness (QED) is 0.655. The lowest BCUT2D eigenvalue weighted by Crippen LogP contribution is -2.28. The predicted molar refractivity (Wildman–Crippen MR) is 111 cm³/mol.